The van der Waals surface area contributed by atoms with Crippen molar-refractivity contribution >= 4 is 11.9 Å². The van der Waals surface area contributed by atoms with E-state index in [1.165, 1.54) is 11.6 Å². The zero-order chi connectivity index (χ0) is 10.6. The third-order valence-electron chi connectivity index (χ3n) is 1.60. The summed E-state index contributed by atoms with van der Waals surface area (Å²) in [6.45, 7) is 1.40. The van der Waals surface area contributed by atoms with Crippen LogP contribution in [0, 0.1) is 0 Å². The molecule has 1 aromatic rings. The van der Waals surface area contributed by atoms with Crippen molar-refractivity contribution < 1.29 is 14.7 Å². The van der Waals surface area contributed by atoms with E-state index >= 15 is 0 Å². The molecule has 0 bridgehead atoms. The molecular weight excluding hydrogens is 186 g/mol. The second kappa shape index (κ2) is 4.40. The molecule has 1 rings (SSSR count). The molecule has 0 aromatic carbocycles. The molecule has 0 aliphatic rings. The van der Waals surface area contributed by atoms with E-state index in [-0.39, 0.29) is 12.5 Å². The highest BCUT2D eigenvalue weighted by Gasteiger charge is 2.18. The Morgan fingerprint density at radius 2 is 2.36 bits per heavy atom. The Morgan fingerprint density at radius 3 is 2.79 bits per heavy atom. The quantitative estimate of drug-likeness (QED) is 0.679. The maximum absolute atomic E-state index is 10.7. The van der Waals surface area contributed by atoms with Gasteiger partial charge in [0.2, 0.25) is 5.91 Å². The monoisotopic (exact) mass is 197 g/mol. The van der Waals surface area contributed by atoms with Crippen LogP contribution in [0.15, 0.2) is 18.5 Å². The smallest absolute Gasteiger partial charge is 0.328 e. The Hall–Kier alpha value is -1.85. The number of nitrogens with zero attached hydrogens (tertiary/aromatic N) is 2. The van der Waals surface area contributed by atoms with E-state index in [1.54, 1.807) is 18.5 Å². The lowest BCUT2D eigenvalue weighted by Crippen LogP contribution is -2.42. The molecule has 6 nitrogen and oxygen atoms in total. The van der Waals surface area contributed by atoms with Crippen LogP contribution >= 0.6 is 0 Å². The molecule has 2 N–H and O–H groups in total. The molecule has 6 heteroatoms. The van der Waals surface area contributed by atoms with Crippen molar-refractivity contribution in [2.45, 2.75) is 19.5 Å². The molecule has 0 aliphatic carbocycles. The first-order valence-electron chi connectivity index (χ1n) is 4.07. The van der Waals surface area contributed by atoms with Gasteiger partial charge in [0.25, 0.3) is 0 Å². The first kappa shape index (κ1) is 10.2. The normalized spacial score (nSPS) is 12.1. The Labute approximate surface area is 80.5 Å². The van der Waals surface area contributed by atoms with Gasteiger partial charge in [-0.3, -0.25) is 9.48 Å². The average Bonchev–Trinajstić information content (AvgIpc) is 2.54. The minimum Gasteiger partial charge on any atom is -0.480 e. The summed E-state index contributed by atoms with van der Waals surface area (Å²) in [4.78, 5) is 21.4. The highest BCUT2D eigenvalue weighted by molar-refractivity contribution is 5.81. The molecule has 1 unspecified atom stereocenters. The van der Waals surface area contributed by atoms with Crippen molar-refractivity contribution in [2.75, 3.05) is 0 Å². The minimum atomic E-state index is -1.07. The number of carbonyl (C=O) groups is 2. The largest absolute Gasteiger partial charge is 0.480 e. The van der Waals surface area contributed by atoms with Gasteiger partial charge in [0.1, 0.15) is 6.04 Å². The van der Waals surface area contributed by atoms with E-state index in [1.807, 2.05) is 0 Å². The Morgan fingerprint density at radius 1 is 1.64 bits per heavy atom. The molecule has 0 saturated carbocycles. The van der Waals surface area contributed by atoms with Crippen LogP contribution in [0.1, 0.15) is 6.92 Å². The number of hydrogen-bond acceptors (Lipinski definition) is 3. The fourth-order valence-electron chi connectivity index (χ4n) is 1.03. The number of carboxylic acid groups (broad SMARTS) is 1. The van der Waals surface area contributed by atoms with Crippen LogP contribution in [0.4, 0.5) is 0 Å². The molecule has 0 fully saturated rings. The molecule has 0 saturated heterocycles. The van der Waals surface area contributed by atoms with Gasteiger partial charge in [-0.2, -0.15) is 5.10 Å². The lowest BCUT2D eigenvalue weighted by molar-refractivity contribution is -0.142. The van der Waals surface area contributed by atoms with E-state index in [0.717, 1.165) is 0 Å². The van der Waals surface area contributed by atoms with E-state index < -0.39 is 12.0 Å². The van der Waals surface area contributed by atoms with Gasteiger partial charge < -0.3 is 10.4 Å². The van der Waals surface area contributed by atoms with Crippen molar-refractivity contribution in [1.29, 1.82) is 0 Å². The van der Waals surface area contributed by atoms with Crippen LogP contribution in [0.25, 0.3) is 0 Å². The molecule has 0 aliphatic heterocycles. The average molecular weight is 197 g/mol. The third kappa shape index (κ3) is 2.89. The number of hydrogen-bond donors (Lipinski definition) is 2. The highest BCUT2D eigenvalue weighted by Crippen LogP contribution is 1.92. The molecule has 76 valence electrons. The van der Waals surface area contributed by atoms with Gasteiger partial charge in [-0.25, -0.2) is 4.79 Å². The fraction of sp³-hybridized carbons (Fsp3) is 0.375. The van der Waals surface area contributed by atoms with Crippen molar-refractivity contribution in [2.24, 2.45) is 0 Å². The highest BCUT2D eigenvalue weighted by atomic mass is 16.4. The molecule has 0 spiro atoms. The van der Waals surface area contributed by atoms with Gasteiger partial charge in [-0.1, -0.05) is 0 Å². The first-order valence-corrected chi connectivity index (χ1v) is 4.07. The minimum absolute atomic E-state index is 0.127. The summed E-state index contributed by atoms with van der Waals surface area (Å²) in [7, 11) is 0. The van der Waals surface area contributed by atoms with Crippen LogP contribution in [-0.2, 0) is 16.1 Å². The third-order valence-corrected chi connectivity index (χ3v) is 1.60. The van der Waals surface area contributed by atoms with Gasteiger partial charge in [0, 0.05) is 19.3 Å². The molecule has 1 heterocycles. The summed E-state index contributed by atoms with van der Waals surface area (Å²) in [5, 5.41) is 14.9. The number of carbonyl (C=O) groups excluding carboxylic acids is 1. The second-order valence-corrected chi connectivity index (χ2v) is 2.82. The van der Waals surface area contributed by atoms with Crippen molar-refractivity contribution in [3.8, 4) is 0 Å². The SMILES string of the molecule is CC(=O)NC(Cn1cccn1)C(=O)O. The Kier molecular flexibility index (Phi) is 3.22. The summed E-state index contributed by atoms with van der Waals surface area (Å²) in [6, 6.07) is 0.750. The molecule has 14 heavy (non-hydrogen) atoms. The number of rotatable bonds is 4. The number of nitrogens with one attached hydrogen (secondary N) is 1. The van der Waals surface area contributed by atoms with Gasteiger partial charge >= 0.3 is 5.97 Å². The van der Waals surface area contributed by atoms with Crippen molar-refractivity contribution in [3.63, 3.8) is 0 Å². The maximum Gasteiger partial charge on any atom is 0.328 e. The molecular formula is C8H11N3O3. The second-order valence-electron chi connectivity index (χ2n) is 2.82. The summed E-state index contributed by atoms with van der Waals surface area (Å²) in [5.41, 5.74) is 0. The van der Waals surface area contributed by atoms with E-state index in [0.29, 0.717) is 0 Å². The standard InChI is InChI=1S/C8H11N3O3/c1-6(12)10-7(8(13)14)5-11-4-2-3-9-11/h2-4,7H,5H2,1H3,(H,10,12)(H,13,14). The number of amides is 1. The summed E-state index contributed by atoms with van der Waals surface area (Å²) in [6.07, 6.45) is 3.18. The Balaban J connectivity index is 2.60. The van der Waals surface area contributed by atoms with Gasteiger partial charge in [0.05, 0.1) is 6.54 Å². The van der Waals surface area contributed by atoms with Crippen LogP contribution in [0.5, 0.6) is 0 Å². The maximum atomic E-state index is 10.7. The molecule has 1 amide bonds. The van der Waals surface area contributed by atoms with E-state index in [9.17, 15) is 9.59 Å². The van der Waals surface area contributed by atoms with Crippen LogP contribution in [0.2, 0.25) is 0 Å². The Bertz CT molecular complexity index is 321. The van der Waals surface area contributed by atoms with Gasteiger partial charge in [0.15, 0.2) is 0 Å². The van der Waals surface area contributed by atoms with Gasteiger partial charge in [-0.05, 0) is 6.07 Å². The summed E-state index contributed by atoms with van der Waals surface area (Å²) < 4.78 is 1.45. The predicted molar refractivity (Wildman–Crippen MR) is 47.5 cm³/mol. The van der Waals surface area contributed by atoms with Crippen molar-refractivity contribution in [1.82, 2.24) is 15.1 Å². The number of carboxylic acids is 1. The van der Waals surface area contributed by atoms with Gasteiger partial charge in [-0.15, -0.1) is 0 Å². The van der Waals surface area contributed by atoms with E-state index in [4.69, 9.17) is 5.11 Å². The molecule has 1 aromatic heterocycles. The fourth-order valence-corrected chi connectivity index (χ4v) is 1.03. The first-order chi connectivity index (χ1) is 6.59. The lowest BCUT2D eigenvalue weighted by Gasteiger charge is -2.12. The van der Waals surface area contributed by atoms with Crippen LogP contribution in [-0.4, -0.2) is 32.8 Å². The van der Waals surface area contributed by atoms with Crippen molar-refractivity contribution in [3.05, 3.63) is 18.5 Å². The van der Waals surface area contributed by atoms with Crippen LogP contribution in [0.3, 0.4) is 0 Å². The number of aromatic nitrogens is 2. The molecule has 1 atom stereocenters. The predicted octanol–water partition coefficient (Wildman–Crippen LogP) is -0.528. The zero-order valence-corrected chi connectivity index (χ0v) is 7.67. The topological polar surface area (TPSA) is 84.2 Å². The lowest BCUT2D eigenvalue weighted by atomic mass is 10.3. The zero-order valence-electron chi connectivity index (χ0n) is 7.67. The summed E-state index contributed by atoms with van der Waals surface area (Å²) >= 11 is 0. The molecule has 0 radical (unpaired) electrons. The number of aliphatic carboxylic acids is 1. The van der Waals surface area contributed by atoms with Crippen LogP contribution < -0.4 is 5.32 Å². The summed E-state index contributed by atoms with van der Waals surface area (Å²) in [5.74, 6) is -1.44. The van der Waals surface area contributed by atoms with E-state index in [2.05, 4.69) is 10.4 Å².